The van der Waals surface area contributed by atoms with Crippen LogP contribution in [0.25, 0.3) is 0 Å². The summed E-state index contributed by atoms with van der Waals surface area (Å²) in [6.07, 6.45) is 1.18. The molecule has 0 atom stereocenters. The van der Waals surface area contributed by atoms with Gasteiger partial charge < -0.3 is 4.90 Å². The Hall–Kier alpha value is -1.68. The van der Waals surface area contributed by atoms with Gasteiger partial charge >= 0.3 is 0 Å². The largest absolute Gasteiger partial charge is 0.353 e. The molecule has 1 aromatic rings. The fourth-order valence-electron chi connectivity index (χ4n) is 2.63. The topological polar surface area (TPSA) is 86.9 Å². The van der Waals surface area contributed by atoms with Crippen LogP contribution in [0.1, 0.15) is 32.4 Å². The number of aromatic nitrogens is 2. The standard InChI is InChI=1S/C13H18N4O2S/c1-3-13(4-2)10-17(7-8-20(13,18)19)12-6-5-11(9-14)15-16-12/h5-6H,3-4,7-8,10H2,1-2H3. The SMILES string of the molecule is CCC1(CC)CN(c2ccc(C#N)nn2)CCS1(=O)=O. The number of anilines is 1. The molecular formula is C13H18N4O2S. The van der Waals surface area contributed by atoms with Crippen molar-refractivity contribution in [2.45, 2.75) is 31.4 Å². The quantitative estimate of drug-likeness (QED) is 0.831. The summed E-state index contributed by atoms with van der Waals surface area (Å²) in [5.74, 6) is 0.765. The molecule has 0 unspecified atom stereocenters. The van der Waals surface area contributed by atoms with Gasteiger partial charge in [-0.2, -0.15) is 5.26 Å². The van der Waals surface area contributed by atoms with Gasteiger partial charge in [0, 0.05) is 13.1 Å². The summed E-state index contributed by atoms with van der Waals surface area (Å²) in [5.41, 5.74) is 0.260. The first kappa shape index (κ1) is 14.7. The van der Waals surface area contributed by atoms with Gasteiger partial charge in [0.2, 0.25) is 0 Å². The van der Waals surface area contributed by atoms with Crippen LogP contribution >= 0.6 is 0 Å². The number of hydrogen-bond acceptors (Lipinski definition) is 6. The molecule has 6 nitrogen and oxygen atoms in total. The minimum absolute atomic E-state index is 0.135. The highest BCUT2D eigenvalue weighted by molar-refractivity contribution is 7.92. The monoisotopic (exact) mass is 294 g/mol. The highest BCUT2D eigenvalue weighted by atomic mass is 32.2. The van der Waals surface area contributed by atoms with E-state index in [9.17, 15) is 8.42 Å². The van der Waals surface area contributed by atoms with Gasteiger partial charge in [-0.15, -0.1) is 10.2 Å². The van der Waals surface area contributed by atoms with E-state index < -0.39 is 14.6 Å². The van der Waals surface area contributed by atoms with Crippen LogP contribution in [0.3, 0.4) is 0 Å². The normalized spacial score (nSPS) is 20.4. The van der Waals surface area contributed by atoms with Crippen LogP contribution in [-0.4, -0.2) is 42.2 Å². The highest BCUT2D eigenvalue weighted by Gasteiger charge is 2.45. The number of sulfone groups is 1. The summed E-state index contributed by atoms with van der Waals surface area (Å²) < 4.78 is 24.0. The van der Waals surface area contributed by atoms with Crippen molar-refractivity contribution in [2.24, 2.45) is 0 Å². The van der Waals surface area contributed by atoms with Gasteiger partial charge in [-0.1, -0.05) is 13.8 Å². The second-order valence-electron chi connectivity index (χ2n) is 5.02. The Bertz CT molecular complexity index is 615. The molecule has 0 N–H and O–H groups in total. The lowest BCUT2D eigenvalue weighted by molar-refractivity contribution is 0.457. The van der Waals surface area contributed by atoms with E-state index >= 15 is 0 Å². The van der Waals surface area contributed by atoms with E-state index in [1.807, 2.05) is 24.8 Å². The zero-order chi connectivity index (χ0) is 14.8. The molecule has 0 spiro atoms. The Morgan fingerprint density at radius 2 is 2.05 bits per heavy atom. The smallest absolute Gasteiger partial charge is 0.163 e. The van der Waals surface area contributed by atoms with Crippen LogP contribution in [0.2, 0.25) is 0 Å². The lowest BCUT2D eigenvalue weighted by atomic mass is 10.0. The van der Waals surface area contributed by atoms with Crippen LogP contribution < -0.4 is 4.90 Å². The summed E-state index contributed by atoms with van der Waals surface area (Å²) in [4.78, 5) is 1.95. The van der Waals surface area contributed by atoms with Gasteiger partial charge in [0.25, 0.3) is 0 Å². The second kappa shape index (κ2) is 5.37. The third-order valence-electron chi connectivity index (χ3n) is 4.15. The Balaban J connectivity index is 2.30. The molecule has 2 heterocycles. The molecule has 20 heavy (non-hydrogen) atoms. The molecule has 108 valence electrons. The van der Waals surface area contributed by atoms with Crippen LogP contribution in [0.5, 0.6) is 0 Å². The maximum atomic E-state index is 12.3. The molecule has 1 saturated heterocycles. The Labute approximate surface area is 119 Å². The van der Waals surface area contributed by atoms with Gasteiger partial charge in [-0.05, 0) is 25.0 Å². The first-order valence-electron chi connectivity index (χ1n) is 6.69. The third-order valence-corrected chi connectivity index (χ3v) is 6.89. The molecule has 1 fully saturated rings. The van der Waals surface area contributed by atoms with Crippen molar-refractivity contribution >= 4 is 15.7 Å². The van der Waals surface area contributed by atoms with Gasteiger partial charge in [0.1, 0.15) is 6.07 Å². The summed E-state index contributed by atoms with van der Waals surface area (Å²) in [6, 6.07) is 5.24. The molecule has 0 aromatic carbocycles. The second-order valence-corrected chi connectivity index (χ2v) is 7.52. The fraction of sp³-hybridized carbons (Fsp3) is 0.615. The lowest BCUT2D eigenvalue weighted by Gasteiger charge is -2.41. The van der Waals surface area contributed by atoms with Crippen LogP contribution in [0, 0.1) is 11.3 Å². The Morgan fingerprint density at radius 3 is 2.55 bits per heavy atom. The highest BCUT2D eigenvalue weighted by Crippen LogP contribution is 2.32. The molecule has 2 rings (SSSR count). The molecular weight excluding hydrogens is 276 g/mol. The van der Waals surface area contributed by atoms with E-state index in [4.69, 9.17) is 5.26 Å². The summed E-state index contributed by atoms with van der Waals surface area (Å²) in [7, 11) is -3.08. The van der Waals surface area contributed by atoms with Gasteiger partial charge in [0.05, 0.1) is 10.5 Å². The van der Waals surface area contributed by atoms with Crippen LogP contribution in [0.15, 0.2) is 12.1 Å². The molecule has 0 aliphatic carbocycles. The van der Waals surface area contributed by atoms with Gasteiger partial charge in [0.15, 0.2) is 21.3 Å². The molecule has 0 amide bonds. The van der Waals surface area contributed by atoms with Crippen LogP contribution in [0.4, 0.5) is 5.82 Å². The molecule has 7 heteroatoms. The van der Waals surface area contributed by atoms with Crippen molar-refractivity contribution < 1.29 is 8.42 Å². The predicted molar refractivity (Wildman–Crippen MR) is 76.1 cm³/mol. The number of nitrogens with zero attached hydrogens (tertiary/aromatic N) is 4. The fourth-order valence-corrected chi connectivity index (χ4v) is 4.76. The van der Waals surface area contributed by atoms with E-state index in [0.717, 1.165) is 0 Å². The minimum atomic E-state index is -3.08. The molecule has 0 saturated carbocycles. The first-order valence-corrected chi connectivity index (χ1v) is 8.34. The molecule has 1 aliphatic heterocycles. The molecule has 1 aliphatic rings. The first-order chi connectivity index (χ1) is 9.48. The Morgan fingerprint density at radius 1 is 1.35 bits per heavy atom. The maximum Gasteiger partial charge on any atom is 0.163 e. The average Bonchev–Trinajstić information content (AvgIpc) is 2.47. The van der Waals surface area contributed by atoms with Crippen molar-refractivity contribution in [3.8, 4) is 6.07 Å². The van der Waals surface area contributed by atoms with Gasteiger partial charge in [-0.25, -0.2) is 8.42 Å². The summed E-state index contributed by atoms with van der Waals surface area (Å²) in [5, 5.41) is 16.5. The number of rotatable bonds is 3. The van der Waals surface area contributed by atoms with Crippen molar-refractivity contribution in [3.05, 3.63) is 17.8 Å². The molecule has 0 radical (unpaired) electrons. The lowest BCUT2D eigenvalue weighted by Crippen LogP contribution is -2.56. The number of nitriles is 1. The molecule has 1 aromatic heterocycles. The van der Waals surface area contributed by atoms with Crippen molar-refractivity contribution in [1.82, 2.24) is 10.2 Å². The average molecular weight is 294 g/mol. The van der Waals surface area contributed by atoms with E-state index in [0.29, 0.717) is 31.7 Å². The van der Waals surface area contributed by atoms with Crippen molar-refractivity contribution in [3.63, 3.8) is 0 Å². The van der Waals surface area contributed by atoms with Crippen molar-refractivity contribution in [2.75, 3.05) is 23.7 Å². The maximum absolute atomic E-state index is 12.3. The minimum Gasteiger partial charge on any atom is -0.353 e. The Kier molecular flexibility index (Phi) is 3.95. The third kappa shape index (κ3) is 2.36. The van der Waals surface area contributed by atoms with E-state index in [1.165, 1.54) is 0 Å². The number of hydrogen-bond donors (Lipinski definition) is 0. The predicted octanol–water partition coefficient (Wildman–Crippen LogP) is 1.14. The zero-order valence-electron chi connectivity index (χ0n) is 11.7. The summed E-state index contributed by atoms with van der Waals surface area (Å²) >= 11 is 0. The van der Waals surface area contributed by atoms with Crippen LogP contribution in [-0.2, 0) is 9.84 Å². The molecule has 0 bridgehead atoms. The summed E-state index contributed by atoms with van der Waals surface area (Å²) in [6.45, 7) is 4.68. The van der Waals surface area contributed by atoms with E-state index in [1.54, 1.807) is 12.1 Å². The van der Waals surface area contributed by atoms with Crippen molar-refractivity contribution in [1.29, 1.82) is 5.26 Å². The van der Waals surface area contributed by atoms with E-state index in [2.05, 4.69) is 10.2 Å². The zero-order valence-corrected chi connectivity index (χ0v) is 12.5. The van der Waals surface area contributed by atoms with Gasteiger partial charge in [-0.3, -0.25) is 0 Å². The van der Waals surface area contributed by atoms with E-state index in [-0.39, 0.29) is 11.4 Å².